The minimum absolute atomic E-state index is 1.10. The second kappa shape index (κ2) is 5.67. The van der Waals surface area contributed by atoms with E-state index < -0.39 is 0 Å². The van der Waals surface area contributed by atoms with Gasteiger partial charge < -0.3 is 0 Å². The van der Waals surface area contributed by atoms with Crippen LogP contribution in [0.4, 0.5) is 0 Å². The molecular weight excluding hydrogens is 260 g/mol. The van der Waals surface area contributed by atoms with Gasteiger partial charge in [0.25, 0.3) is 0 Å². The minimum Gasteiger partial charge on any atom is -0.0795 e. The van der Waals surface area contributed by atoms with Crippen LogP contribution in [0.1, 0.15) is 49.3 Å². The zero-order valence-electron chi connectivity index (χ0n) is 9.93. The smallest absolute Gasteiger partial charge is 0.0248 e. The Bertz CT molecular complexity index is 391. The third-order valence-electron chi connectivity index (χ3n) is 3.28. The Kier molecular flexibility index (Phi) is 4.22. The molecule has 1 aromatic carbocycles. The maximum Gasteiger partial charge on any atom is 0.0248 e. The van der Waals surface area contributed by atoms with Gasteiger partial charge in [-0.1, -0.05) is 66.4 Å². The highest BCUT2D eigenvalue weighted by atomic mass is 79.9. The zero-order chi connectivity index (χ0) is 11.4. The monoisotopic (exact) mass is 278 g/mol. The van der Waals surface area contributed by atoms with Gasteiger partial charge in [0.1, 0.15) is 0 Å². The van der Waals surface area contributed by atoms with Crippen LogP contribution in [-0.2, 0) is 12.8 Å². The normalized spacial score (nSPS) is 13.1. The Morgan fingerprint density at radius 1 is 1.19 bits per heavy atom. The van der Waals surface area contributed by atoms with Crippen LogP contribution in [-0.4, -0.2) is 0 Å². The molecule has 1 aromatic rings. The van der Waals surface area contributed by atoms with Crippen LogP contribution < -0.4 is 0 Å². The van der Waals surface area contributed by atoms with E-state index in [2.05, 4.69) is 47.1 Å². The van der Waals surface area contributed by atoms with Crippen molar-refractivity contribution >= 4 is 22.0 Å². The van der Waals surface area contributed by atoms with Crippen molar-refractivity contribution in [1.29, 1.82) is 0 Å². The first kappa shape index (κ1) is 11.9. The largest absolute Gasteiger partial charge is 0.0795 e. The standard InChI is InChI=1S/C15H19Br/c1-2-3-4-5-7-13-11-10-12-8-6-9-14(12)15(13)16/h6,8,10-11H,2-5,7,9H2,1H3. The average molecular weight is 279 g/mol. The van der Waals surface area contributed by atoms with Crippen molar-refractivity contribution in [2.45, 2.75) is 45.4 Å². The summed E-state index contributed by atoms with van der Waals surface area (Å²) in [7, 11) is 0. The van der Waals surface area contributed by atoms with Crippen LogP contribution in [0.3, 0.4) is 0 Å². The van der Waals surface area contributed by atoms with E-state index in [1.165, 1.54) is 53.3 Å². The van der Waals surface area contributed by atoms with E-state index in [4.69, 9.17) is 0 Å². The average Bonchev–Trinajstić information content (AvgIpc) is 2.76. The number of allylic oxidation sites excluding steroid dienone is 1. The summed E-state index contributed by atoms with van der Waals surface area (Å²) in [6.07, 6.45) is 12.1. The first-order chi connectivity index (χ1) is 7.83. The summed E-state index contributed by atoms with van der Waals surface area (Å²) in [6.45, 7) is 2.26. The third kappa shape index (κ3) is 2.57. The summed E-state index contributed by atoms with van der Waals surface area (Å²) in [4.78, 5) is 0. The molecule has 0 amide bonds. The molecule has 0 heterocycles. The van der Waals surface area contributed by atoms with Crippen molar-refractivity contribution in [3.63, 3.8) is 0 Å². The van der Waals surface area contributed by atoms with Gasteiger partial charge in [-0.15, -0.1) is 0 Å². The number of hydrogen-bond donors (Lipinski definition) is 0. The number of fused-ring (bicyclic) bond motifs is 1. The maximum absolute atomic E-state index is 3.76. The van der Waals surface area contributed by atoms with Crippen LogP contribution in [0.5, 0.6) is 0 Å². The number of unbranched alkanes of at least 4 members (excludes halogenated alkanes) is 3. The van der Waals surface area contributed by atoms with E-state index in [-0.39, 0.29) is 0 Å². The molecule has 1 aliphatic carbocycles. The van der Waals surface area contributed by atoms with Gasteiger partial charge in [0.2, 0.25) is 0 Å². The van der Waals surface area contributed by atoms with Crippen molar-refractivity contribution in [1.82, 2.24) is 0 Å². The summed E-state index contributed by atoms with van der Waals surface area (Å²) in [5, 5.41) is 0. The lowest BCUT2D eigenvalue weighted by Crippen LogP contribution is -1.93. The summed E-state index contributed by atoms with van der Waals surface area (Å²) in [5.41, 5.74) is 4.36. The molecule has 0 saturated heterocycles. The minimum atomic E-state index is 1.10. The van der Waals surface area contributed by atoms with Gasteiger partial charge >= 0.3 is 0 Å². The Morgan fingerprint density at radius 3 is 2.88 bits per heavy atom. The van der Waals surface area contributed by atoms with E-state index in [0.29, 0.717) is 0 Å². The number of aryl methyl sites for hydroxylation is 1. The lowest BCUT2D eigenvalue weighted by molar-refractivity contribution is 0.666. The molecule has 0 unspecified atom stereocenters. The van der Waals surface area contributed by atoms with Crippen molar-refractivity contribution < 1.29 is 0 Å². The van der Waals surface area contributed by atoms with Gasteiger partial charge in [0, 0.05) is 4.47 Å². The third-order valence-corrected chi connectivity index (χ3v) is 4.27. The molecule has 0 bridgehead atoms. The fourth-order valence-electron chi connectivity index (χ4n) is 2.29. The molecule has 0 spiro atoms. The summed E-state index contributed by atoms with van der Waals surface area (Å²) >= 11 is 3.76. The number of rotatable bonds is 5. The van der Waals surface area contributed by atoms with Gasteiger partial charge in [0.15, 0.2) is 0 Å². The molecule has 1 aliphatic rings. The highest BCUT2D eigenvalue weighted by Gasteiger charge is 2.11. The second-order valence-corrected chi connectivity index (χ2v) is 5.32. The molecular formula is C15H19Br. The lowest BCUT2D eigenvalue weighted by atomic mass is 10.0. The zero-order valence-corrected chi connectivity index (χ0v) is 11.5. The Balaban J connectivity index is 2.01. The highest BCUT2D eigenvalue weighted by molar-refractivity contribution is 9.10. The number of halogens is 1. The second-order valence-electron chi connectivity index (χ2n) is 4.52. The van der Waals surface area contributed by atoms with Gasteiger partial charge in [-0.05, 0) is 36.0 Å². The topological polar surface area (TPSA) is 0 Å². The fourth-order valence-corrected chi connectivity index (χ4v) is 3.01. The van der Waals surface area contributed by atoms with Crippen LogP contribution in [0.2, 0.25) is 0 Å². The van der Waals surface area contributed by atoms with E-state index in [1.54, 1.807) is 0 Å². The van der Waals surface area contributed by atoms with E-state index in [0.717, 1.165) is 6.42 Å². The summed E-state index contributed by atoms with van der Waals surface area (Å²) in [5.74, 6) is 0. The number of hydrogen-bond acceptors (Lipinski definition) is 0. The highest BCUT2D eigenvalue weighted by Crippen LogP contribution is 2.31. The van der Waals surface area contributed by atoms with Crippen molar-refractivity contribution in [2.75, 3.05) is 0 Å². The SMILES string of the molecule is CCCCCCc1ccc2c(c1Br)CC=C2. The van der Waals surface area contributed by atoms with E-state index in [9.17, 15) is 0 Å². The van der Waals surface area contributed by atoms with Crippen LogP contribution in [0, 0.1) is 0 Å². The van der Waals surface area contributed by atoms with Gasteiger partial charge in [0.05, 0.1) is 0 Å². The molecule has 1 heteroatoms. The molecule has 0 radical (unpaired) electrons. The predicted octanol–water partition coefficient (Wildman–Crippen LogP) is 5.14. The molecule has 0 nitrogen and oxygen atoms in total. The molecule has 86 valence electrons. The van der Waals surface area contributed by atoms with Crippen molar-refractivity contribution in [2.24, 2.45) is 0 Å². The predicted molar refractivity (Wildman–Crippen MR) is 74.7 cm³/mol. The van der Waals surface area contributed by atoms with E-state index in [1.807, 2.05) is 0 Å². The lowest BCUT2D eigenvalue weighted by Gasteiger charge is -2.09. The molecule has 16 heavy (non-hydrogen) atoms. The molecule has 0 aromatic heterocycles. The Hall–Kier alpha value is -0.560. The van der Waals surface area contributed by atoms with Gasteiger partial charge in [-0.3, -0.25) is 0 Å². The van der Waals surface area contributed by atoms with Gasteiger partial charge in [-0.2, -0.15) is 0 Å². The Labute approximate surface area is 107 Å². The molecule has 0 N–H and O–H groups in total. The molecule has 0 saturated carbocycles. The van der Waals surface area contributed by atoms with Crippen LogP contribution >= 0.6 is 15.9 Å². The van der Waals surface area contributed by atoms with E-state index >= 15 is 0 Å². The summed E-state index contributed by atoms with van der Waals surface area (Å²) in [6, 6.07) is 4.54. The molecule has 0 fully saturated rings. The number of benzene rings is 1. The quantitative estimate of drug-likeness (QED) is 0.654. The fraction of sp³-hybridized carbons (Fsp3) is 0.467. The van der Waals surface area contributed by atoms with Crippen LogP contribution in [0.25, 0.3) is 6.08 Å². The first-order valence-corrected chi connectivity index (χ1v) is 7.09. The maximum atomic E-state index is 3.76. The van der Waals surface area contributed by atoms with Crippen LogP contribution in [0.15, 0.2) is 22.7 Å². The van der Waals surface area contributed by atoms with Gasteiger partial charge in [-0.25, -0.2) is 0 Å². The molecule has 0 atom stereocenters. The first-order valence-electron chi connectivity index (χ1n) is 6.29. The summed E-state index contributed by atoms with van der Waals surface area (Å²) < 4.78 is 1.35. The molecule has 0 aliphatic heterocycles. The Morgan fingerprint density at radius 2 is 2.06 bits per heavy atom. The molecule has 2 rings (SSSR count). The van der Waals surface area contributed by atoms with Crippen molar-refractivity contribution in [3.05, 3.63) is 39.4 Å². The van der Waals surface area contributed by atoms with Crippen molar-refractivity contribution in [3.8, 4) is 0 Å².